The van der Waals surface area contributed by atoms with Crippen LogP contribution >= 0.6 is 0 Å². The van der Waals surface area contributed by atoms with Crippen molar-refractivity contribution in [2.45, 2.75) is 199 Å². The first-order chi connectivity index (χ1) is 19.1. The second-order valence-electron chi connectivity index (χ2n) is 16.1. The minimum absolute atomic E-state index is 0.111. The molecule has 0 radical (unpaired) electrons. The molecule has 0 saturated heterocycles. The van der Waals surface area contributed by atoms with Gasteiger partial charge in [0.1, 0.15) is 0 Å². The lowest BCUT2D eigenvalue weighted by Crippen LogP contribution is -2.58. The Morgan fingerprint density at radius 1 is 0.462 bits per heavy atom. The van der Waals surface area contributed by atoms with E-state index >= 15 is 0 Å². The summed E-state index contributed by atoms with van der Waals surface area (Å²) in [6.45, 7) is 2.64. The van der Waals surface area contributed by atoms with E-state index in [9.17, 15) is 5.11 Å². The van der Waals surface area contributed by atoms with Crippen molar-refractivity contribution < 1.29 is 5.11 Å². The van der Waals surface area contributed by atoms with Gasteiger partial charge in [-0.3, -0.25) is 0 Å². The van der Waals surface area contributed by atoms with Crippen LogP contribution in [0.4, 0.5) is 0 Å². The van der Waals surface area contributed by atoms with Crippen molar-refractivity contribution in [1.82, 2.24) is 0 Å². The van der Waals surface area contributed by atoms with Crippen molar-refractivity contribution in [2.24, 2.45) is 40.9 Å². The Hall–Kier alpha value is -0.0400. The van der Waals surface area contributed by atoms with Crippen molar-refractivity contribution in [3.8, 4) is 0 Å². The molecular weight excluding hydrogens is 472 g/mol. The molecule has 0 amide bonds. The topological polar surface area (TPSA) is 20.2 Å². The highest BCUT2D eigenvalue weighted by Crippen LogP contribution is 2.62. The molecule has 0 aromatic heterocycles. The first-order valence-electron chi connectivity index (χ1n) is 18.8. The van der Waals surface area contributed by atoms with Crippen LogP contribution in [-0.4, -0.2) is 10.7 Å². The van der Waals surface area contributed by atoms with Gasteiger partial charge < -0.3 is 5.11 Å². The summed E-state index contributed by atoms with van der Waals surface area (Å²) in [7, 11) is 0. The Balaban J connectivity index is 1.45. The highest BCUT2D eigenvalue weighted by molar-refractivity contribution is 5.10. The quantitative estimate of drug-likeness (QED) is 0.377. The molecule has 0 spiro atoms. The summed E-state index contributed by atoms with van der Waals surface area (Å²) in [4.78, 5) is 0. The average Bonchev–Trinajstić information content (AvgIpc) is 3.84. The van der Waals surface area contributed by atoms with Crippen molar-refractivity contribution in [2.75, 3.05) is 0 Å². The maximum atomic E-state index is 13.8. The molecule has 5 aliphatic carbocycles. The molecule has 0 heterocycles. The Bertz CT molecular complexity index is 687. The molecule has 5 saturated carbocycles. The molecule has 5 aliphatic rings. The largest absolute Gasteiger partial charge is 0.389 e. The van der Waals surface area contributed by atoms with Gasteiger partial charge in [-0.15, -0.1) is 0 Å². The molecule has 39 heavy (non-hydrogen) atoms. The molecule has 5 fully saturated rings. The van der Waals surface area contributed by atoms with Crippen LogP contribution in [0.3, 0.4) is 0 Å². The van der Waals surface area contributed by atoms with Crippen LogP contribution in [0.15, 0.2) is 0 Å². The van der Waals surface area contributed by atoms with Crippen molar-refractivity contribution >= 4 is 0 Å². The molecule has 226 valence electrons. The van der Waals surface area contributed by atoms with E-state index in [1.165, 1.54) is 186 Å². The van der Waals surface area contributed by atoms with Gasteiger partial charge in [0.25, 0.3) is 0 Å². The molecule has 7 atom stereocenters. The molecule has 5 rings (SSSR count). The van der Waals surface area contributed by atoms with E-state index in [0.717, 1.165) is 23.7 Å². The SMILES string of the molecule is CC1(C(O)(C2CCCCCCCC3CC3CC2)C2CCCCCCCCC3CC32)CCCCCCCCCC1. The first kappa shape index (κ1) is 30.4. The van der Waals surface area contributed by atoms with E-state index in [4.69, 9.17) is 0 Å². The molecule has 0 aromatic carbocycles. The number of rotatable bonds is 3. The summed E-state index contributed by atoms with van der Waals surface area (Å²) in [6.07, 6.45) is 40.9. The highest BCUT2D eigenvalue weighted by Gasteiger charge is 2.60. The van der Waals surface area contributed by atoms with Crippen molar-refractivity contribution in [1.29, 1.82) is 0 Å². The maximum absolute atomic E-state index is 13.8. The Labute approximate surface area is 244 Å². The van der Waals surface area contributed by atoms with Gasteiger partial charge >= 0.3 is 0 Å². The van der Waals surface area contributed by atoms with Crippen LogP contribution in [0.2, 0.25) is 0 Å². The van der Waals surface area contributed by atoms with E-state index in [1.807, 2.05) is 0 Å². The molecule has 7 unspecified atom stereocenters. The zero-order valence-electron chi connectivity index (χ0n) is 26.4. The molecule has 0 bridgehead atoms. The lowest BCUT2D eigenvalue weighted by Gasteiger charge is -2.55. The smallest absolute Gasteiger partial charge is 0.0759 e. The molecule has 0 aliphatic heterocycles. The fraction of sp³-hybridized carbons (Fsp3) is 1.00. The number of hydrogen-bond acceptors (Lipinski definition) is 1. The fourth-order valence-corrected chi connectivity index (χ4v) is 10.5. The van der Waals surface area contributed by atoms with Crippen LogP contribution in [-0.2, 0) is 0 Å². The molecular formula is C38H68O. The van der Waals surface area contributed by atoms with Gasteiger partial charge in [-0.25, -0.2) is 0 Å². The van der Waals surface area contributed by atoms with E-state index in [2.05, 4.69) is 6.92 Å². The summed E-state index contributed by atoms with van der Waals surface area (Å²) >= 11 is 0. The molecule has 1 heteroatoms. The van der Waals surface area contributed by atoms with E-state index < -0.39 is 5.60 Å². The van der Waals surface area contributed by atoms with E-state index in [0.29, 0.717) is 11.8 Å². The van der Waals surface area contributed by atoms with Crippen LogP contribution in [0, 0.1) is 40.9 Å². The number of fused-ring (bicyclic) bond motifs is 2. The summed E-state index contributed by atoms with van der Waals surface area (Å²) in [5.41, 5.74) is -0.330. The van der Waals surface area contributed by atoms with Crippen LogP contribution < -0.4 is 0 Å². The summed E-state index contributed by atoms with van der Waals surface area (Å²) in [5, 5.41) is 13.8. The second-order valence-corrected chi connectivity index (χ2v) is 16.1. The van der Waals surface area contributed by atoms with Gasteiger partial charge in [-0.2, -0.15) is 0 Å². The monoisotopic (exact) mass is 541 g/mol. The van der Waals surface area contributed by atoms with Gasteiger partial charge in [0, 0.05) is 0 Å². The Kier molecular flexibility index (Phi) is 11.6. The van der Waals surface area contributed by atoms with Crippen molar-refractivity contribution in [3.05, 3.63) is 0 Å². The number of aliphatic hydroxyl groups is 1. The van der Waals surface area contributed by atoms with Gasteiger partial charge in [0.05, 0.1) is 5.60 Å². The van der Waals surface area contributed by atoms with Crippen molar-refractivity contribution in [3.63, 3.8) is 0 Å². The Morgan fingerprint density at radius 3 is 1.54 bits per heavy atom. The fourth-order valence-electron chi connectivity index (χ4n) is 10.5. The van der Waals surface area contributed by atoms with Gasteiger partial charge in [0.15, 0.2) is 0 Å². The van der Waals surface area contributed by atoms with E-state index in [-0.39, 0.29) is 5.41 Å². The van der Waals surface area contributed by atoms with Crippen LogP contribution in [0.1, 0.15) is 193 Å². The predicted octanol–water partition coefficient (Wildman–Crippen LogP) is 11.8. The standard InChI is InChI=1S/C38H68O/c1-37(27-19-13-6-2-3-7-14-20-28-37)38(39,36-24-18-12-5-4-9-16-22-33-30-35(33)36)34-23-17-11-8-10-15-21-31-29-32(31)25-26-34/h31-36,39H,2-30H2,1H3. The Morgan fingerprint density at radius 2 is 0.923 bits per heavy atom. The lowest BCUT2D eigenvalue weighted by molar-refractivity contribution is -0.181. The van der Waals surface area contributed by atoms with Crippen LogP contribution in [0.25, 0.3) is 0 Å². The minimum Gasteiger partial charge on any atom is -0.389 e. The third kappa shape index (κ3) is 8.08. The highest BCUT2D eigenvalue weighted by atomic mass is 16.3. The maximum Gasteiger partial charge on any atom is 0.0759 e. The average molecular weight is 541 g/mol. The van der Waals surface area contributed by atoms with Gasteiger partial charge in [-0.05, 0) is 92.3 Å². The minimum atomic E-state index is -0.441. The zero-order chi connectivity index (χ0) is 27.0. The molecule has 1 nitrogen and oxygen atoms in total. The summed E-state index contributed by atoms with van der Waals surface area (Å²) in [5.74, 6) is 4.92. The van der Waals surface area contributed by atoms with Gasteiger partial charge in [0.2, 0.25) is 0 Å². The van der Waals surface area contributed by atoms with Gasteiger partial charge in [-0.1, -0.05) is 142 Å². The second kappa shape index (κ2) is 14.9. The molecule has 1 N–H and O–H groups in total. The zero-order valence-corrected chi connectivity index (χ0v) is 26.4. The van der Waals surface area contributed by atoms with Crippen LogP contribution in [0.5, 0.6) is 0 Å². The lowest BCUT2D eigenvalue weighted by atomic mass is 9.53. The summed E-state index contributed by atoms with van der Waals surface area (Å²) < 4.78 is 0. The third-order valence-electron chi connectivity index (χ3n) is 13.3. The normalized spacial score (nSPS) is 39.5. The molecule has 0 aromatic rings. The third-order valence-corrected chi connectivity index (χ3v) is 13.3. The predicted molar refractivity (Wildman–Crippen MR) is 168 cm³/mol. The summed E-state index contributed by atoms with van der Waals surface area (Å²) in [6, 6.07) is 0. The van der Waals surface area contributed by atoms with E-state index in [1.54, 1.807) is 0 Å². The first-order valence-corrected chi connectivity index (χ1v) is 18.8. The number of hydrogen-bond donors (Lipinski definition) is 1.